The summed E-state index contributed by atoms with van der Waals surface area (Å²) in [5.41, 5.74) is 0. The molecule has 0 aliphatic heterocycles. The van der Waals surface area contributed by atoms with Crippen molar-refractivity contribution < 1.29 is 24.5 Å². The summed E-state index contributed by atoms with van der Waals surface area (Å²) in [6, 6.07) is -0.585. The topological polar surface area (TPSA) is 95.9 Å². The van der Waals surface area contributed by atoms with Gasteiger partial charge >= 0.3 is 5.97 Å². The summed E-state index contributed by atoms with van der Waals surface area (Å²) >= 11 is 0. The minimum atomic E-state index is -0.699. The van der Waals surface area contributed by atoms with E-state index in [1.54, 1.807) is 0 Å². The number of aliphatic hydroxyl groups is 2. The molecule has 2 unspecified atom stereocenters. The molecular weight excluding hydrogens is 743 g/mol. The molecule has 0 spiro atoms. The summed E-state index contributed by atoms with van der Waals surface area (Å²) in [5.74, 6) is -0.143. The maximum absolute atomic E-state index is 12.4. The van der Waals surface area contributed by atoms with Crippen LogP contribution in [0, 0.1) is 0 Å². The van der Waals surface area contributed by atoms with Gasteiger partial charge in [-0.05, 0) is 77.0 Å². The highest BCUT2D eigenvalue weighted by atomic mass is 16.5. The third-order valence-electron chi connectivity index (χ3n) is 11.6. The SMILES string of the molecule is CCCCCC/C=C\C/C=C\CCCCCCCCCC(=O)OCCCCCCCC/C=C\C/C=C\CCC(=O)NC(CO)C(O)CCCCCCCCCCCCCC. The molecule has 0 heterocycles. The van der Waals surface area contributed by atoms with Crippen LogP contribution >= 0.6 is 0 Å². The van der Waals surface area contributed by atoms with Crippen molar-refractivity contribution in [2.24, 2.45) is 0 Å². The number of carbonyl (C=O) groups is 2. The van der Waals surface area contributed by atoms with Gasteiger partial charge in [-0.1, -0.05) is 217 Å². The first-order valence-corrected chi connectivity index (χ1v) is 25.9. The Morgan fingerprint density at radius 3 is 1.32 bits per heavy atom. The van der Waals surface area contributed by atoms with E-state index in [1.165, 1.54) is 161 Å². The maximum atomic E-state index is 12.4. The molecular formula is C54H99NO5. The summed E-state index contributed by atoms with van der Waals surface area (Å²) < 4.78 is 5.46. The van der Waals surface area contributed by atoms with E-state index >= 15 is 0 Å². The van der Waals surface area contributed by atoms with Gasteiger partial charge in [0, 0.05) is 12.8 Å². The highest BCUT2D eigenvalue weighted by molar-refractivity contribution is 5.76. The predicted molar refractivity (Wildman–Crippen MR) is 259 cm³/mol. The molecule has 0 bridgehead atoms. The van der Waals surface area contributed by atoms with Crippen molar-refractivity contribution in [1.82, 2.24) is 5.32 Å². The number of allylic oxidation sites excluding steroid dienone is 8. The van der Waals surface area contributed by atoms with Crippen molar-refractivity contribution in [3.05, 3.63) is 48.6 Å². The van der Waals surface area contributed by atoms with Crippen LogP contribution in [0.1, 0.15) is 258 Å². The first-order valence-electron chi connectivity index (χ1n) is 25.9. The first kappa shape index (κ1) is 57.8. The number of aliphatic hydroxyl groups excluding tert-OH is 2. The van der Waals surface area contributed by atoms with Crippen molar-refractivity contribution >= 4 is 11.9 Å². The molecule has 0 radical (unpaired) electrons. The van der Waals surface area contributed by atoms with Gasteiger partial charge in [0.25, 0.3) is 0 Å². The van der Waals surface area contributed by atoms with Gasteiger partial charge in [-0.2, -0.15) is 0 Å². The fourth-order valence-electron chi connectivity index (χ4n) is 7.60. The summed E-state index contributed by atoms with van der Waals surface area (Å²) in [6.45, 7) is 4.85. The van der Waals surface area contributed by atoms with Gasteiger partial charge in [0.1, 0.15) is 0 Å². The molecule has 0 aromatic carbocycles. The maximum Gasteiger partial charge on any atom is 0.305 e. The number of carbonyl (C=O) groups excluding carboxylic acids is 2. The molecule has 3 N–H and O–H groups in total. The minimum Gasteiger partial charge on any atom is -0.466 e. The quantitative estimate of drug-likeness (QED) is 0.0322. The van der Waals surface area contributed by atoms with Crippen LogP contribution in [0.3, 0.4) is 0 Å². The molecule has 0 saturated carbocycles. The Morgan fingerprint density at radius 1 is 0.467 bits per heavy atom. The van der Waals surface area contributed by atoms with E-state index in [0.717, 1.165) is 57.8 Å². The van der Waals surface area contributed by atoms with E-state index in [2.05, 4.69) is 61.7 Å². The van der Waals surface area contributed by atoms with E-state index in [4.69, 9.17) is 4.74 Å². The average molecular weight is 842 g/mol. The number of unbranched alkanes of at least 4 members (excludes halogenated alkanes) is 28. The second kappa shape index (κ2) is 49.5. The largest absolute Gasteiger partial charge is 0.466 e. The molecule has 0 aromatic rings. The molecule has 0 aromatic heterocycles. The molecule has 0 aliphatic rings. The van der Waals surface area contributed by atoms with Gasteiger partial charge in [-0.15, -0.1) is 0 Å². The Kier molecular flexibility index (Phi) is 47.7. The minimum absolute atomic E-state index is 0.0252. The average Bonchev–Trinajstić information content (AvgIpc) is 3.25. The Bertz CT molecular complexity index is 1020. The van der Waals surface area contributed by atoms with Crippen LogP contribution in [-0.4, -0.2) is 47.4 Å². The molecule has 0 rings (SSSR count). The van der Waals surface area contributed by atoms with Crippen molar-refractivity contribution in [2.45, 2.75) is 270 Å². The predicted octanol–water partition coefficient (Wildman–Crippen LogP) is 15.5. The monoisotopic (exact) mass is 842 g/mol. The van der Waals surface area contributed by atoms with Crippen LogP contribution in [-0.2, 0) is 14.3 Å². The fraction of sp³-hybridized carbons (Fsp3) is 0.815. The molecule has 60 heavy (non-hydrogen) atoms. The van der Waals surface area contributed by atoms with Crippen LogP contribution in [0.15, 0.2) is 48.6 Å². The van der Waals surface area contributed by atoms with E-state index in [-0.39, 0.29) is 18.5 Å². The Balaban J connectivity index is 3.54. The summed E-state index contributed by atoms with van der Waals surface area (Å²) in [4.78, 5) is 24.4. The van der Waals surface area contributed by atoms with E-state index in [0.29, 0.717) is 32.3 Å². The van der Waals surface area contributed by atoms with Crippen LogP contribution in [0.4, 0.5) is 0 Å². The zero-order valence-electron chi connectivity index (χ0n) is 39.7. The van der Waals surface area contributed by atoms with Gasteiger partial charge in [0.15, 0.2) is 0 Å². The molecule has 0 aliphatic carbocycles. The number of hydrogen-bond acceptors (Lipinski definition) is 5. The molecule has 2 atom stereocenters. The normalized spacial score (nSPS) is 13.1. The zero-order valence-corrected chi connectivity index (χ0v) is 39.7. The number of ether oxygens (including phenoxy) is 1. The lowest BCUT2D eigenvalue weighted by Crippen LogP contribution is -2.45. The lowest BCUT2D eigenvalue weighted by atomic mass is 10.0. The zero-order chi connectivity index (χ0) is 43.7. The second-order valence-electron chi connectivity index (χ2n) is 17.5. The van der Waals surface area contributed by atoms with Gasteiger partial charge in [0.2, 0.25) is 5.91 Å². The number of rotatable bonds is 47. The fourth-order valence-corrected chi connectivity index (χ4v) is 7.60. The molecule has 350 valence electrons. The Morgan fingerprint density at radius 2 is 0.850 bits per heavy atom. The summed E-state index contributed by atoms with van der Waals surface area (Å²) in [7, 11) is 0. The highest BCUT2D eigenvalue weighted by Crippen LogP contribution is 2.15. The lowest BCUT2D eigenvalue weighted by molar-refractivity contribution is -0.143. The lowest BCUT2D eigenvalue weighted by Gasteiger charge is -2.22. The third kappa shape index (κ3) is 45.3. The Labute approximate surface area is 372 Å². The number of amides is 1. The number of hydrogen-bond donors (Lipinski definition) is 3. The summed E-state index contributed by atoms with van der Waals surface area (Å²) in [5, 5.41) is 23.1. The number of esters is 1. The smallest absolute Gasteiger partial charge is 0.305 e. The van der Waals surface area contributed by atoms with Crippen molar-refractivity contribution in [1.29, 1.82) is 0 Å². The molecule has 0 saturated heterocycles. The second-order valence-corrected chi connectivity index (χ2v) is 17.5. The molecule has 1 amide bonds. The van der Waals surface area contributed by atoms with Crippen LogP contribution in [0.2, 0.25) is 0 Å². The van der Waals surface area contributed by atoms with Gasteiger partial charge in [-0.3, -0.25) is 9.59 Å². The van der Waals surface area contributed by atoms with E-state index in [1.807, 2.05) is 6.08 Å². The van der Waals surface area contributed by atoms with Crippen LogP contribution in [0.25, 0.3) is 0 Å². The van der Waals surface area contributed by atoms with Crippen molar-refractivity contribution in [2.75, 3.05) is 13.2 Å². The molecule has 6 heteroatoms. The van der Waals surface area contributed by atoms with E-state index in [9.17, 15) is 19.8 Å². The standard InChI is InChI=1S/C54H99NO5/c1-3-5-7-9-11-13-15-17-18-19-20-21-24-28-32-36-40-44-48-54(59)60-49-45-41-37-33-29-25-22-23-27-31-35-39-43-47-53(58)55-51(50-56)52(57)46-42-38-34-30-26-16-14-12-10-8-6-4-2/h13,15,18-19,23,27,35,39,51-52,56-57H,3-12,14,16-17,20-22,24-26,28-34,36-38,40-50H2,1-2H3,(H,55,58)/b15-13-,19-18-,27-23-,39-35-. The molecule has 0 fully saturated rings. The van der Waals surface area contributed by atoms with Gasteiger partial charge < -0.3 is 20.3 Å². The van der Waals surface area contributed by atoms with Gasteiger partial charge in [-0.25, -0.2) is 0 Å². The van der Waals surface area contributed by atoms with Crippen molar-refractivity contribution in [3.63, 3.8) is 0 Å². The number of nitrogens with one attached hydrogen (secondary N) is 1. The van der Waals surface area contributed by atoms with Gasteiger partial charge in [0.05, 0.1) is 25.4 Å². The van der Waals surface area contributed by atoms with Crippen LogP contribution in [0.5, 0.6) is 0 Å². The third-order valence-corrected chi connectivity index (χ3v) is 11.6. The Hall–Kier alpha value is -2.18. The molecule has 6 nitrogen and oxygen atoms in total. The highest BCUT2D eigenvalue weighted by Gasteiger charge is 2.19. The van der Waals surface area contributed by atoms with Crippen LogP contribution < -0.4 is 5.32 Å². The summed E-state index contributed by atoms with van der Waals surface area (Å²) in [6.07, 6.45) is 60.9. The van der Waals surface area contributed by atoms with Crippen molar-refractivity contribution in [3.8, 4) is 0 Å². The van der Waals surface area contributed by atoms with E-state index < -0.39 is 12.1 Å². The first-order chi connectivity index (χ1) is 29.5.